The molecule has 0 bridgehead atoms. The summed E-state index contributed by atoms with van der Waals surface area (Å²) in [5.41, 5.74) is 1.17. The van der Waals surface area contributed by atoms with Gasteiger partial charge in [-0.25, -0.2) is 8.78 Å². The average Bonchev–Trinajstić information content (AvgIpc) is 2.45. The largest absolute Gasteiger partial charge is 0.378 e. The van der Waals surface area contributed by atoms with Crippen molar-refractivity contribution in [3.05, 3.63) is 35.9 Å². The monoisotopic (exact) mass is 298 g/mol. The summed E-state index contributed by atoms with van der Waals surface area (Å²) in [5, 5.41) is 0. The Kier molecular flexibility index (Phi) is 6.12. The van der Waals surface area contributed by atoms with Gasteiger partial charge in [-0.15, -0.1) is 0 Å². The smallest absolute Gasteiger partial charge is 0.248 e. The van der Waals surface area contributed by atoms with Gasteiger partial charge in [-0.2, -0.15) is 0 Å². The highest BCUT2D eigenvalue weighted by molar-refractivity contribution is 5.13. The molecule has 0 saturated heterocycles. The lowest BCUT2D eigenvalue weighted by Gasteiger charge is -2.35. The first kappa shape index (κ1) is 16.4. The van der Waals surface area contributed by atoms with E-state index in [4.69, 9.17) is 9.47 Å². The van der Waals surface area contributed by atoms with Crippen molar-refractivity contribution in [2.75, 3.05) is 6.61 Å². The molecule has 1 aliphatic rings. The highest BCUT2D eigenvalue weighted by atomic mass is 19.3. The number of ether oxygens (including phenoxy) is 2. The van der Waals surface area contributed by atoms with E-state index in [1.165, 1.54) is 12.5 Å². The van der Waals surface area contributed by atoms with Gasteiger partial charge in [0.1, 0.15) is 0 Å². The molecule has 0 amide bonds. The number of rotatable bonds is 9. The third kappa shape index (κ3) is 5.71. The van der Waals surface area contributed by atoms with Crippen LogP contribution in [0.3, 0.4) is 0 Å². The molecule has 4 heteroatoms. The number of hydrogen-bond donors (Lipinski definition) is 0. The zero-order valence-corrected chi connectivity index (χ0v) is 12.6. The Hall–Kier alpha value is -1.00. The van der Waals surface area contributed by atoms with Gasteiger partial charge in [-0.3, -0.25) is 0 Å². The molecule has 1 aromatic carbocycles. The van der Waals surface area contributed by atoms with Crippen LogP contribution in [0.4, 0.5) is 8.78 Å². The SMILES string of the molecule is CCC(F)(F)CCCO[C@H]1C[C@@H](OCc2ccccc2)C1. The van der Waals surface area contributed by atoms with Gasteiger partial charge >= 0.3 is 0 Å². The molecule has 0 heterocycles. The van der Waals surface area contributed by atoms with Crippen molar-refractivity contribution in [2.24, 2.45) is 0 Å². The van der Waals surface area contributed by atoms with Crippen LogP contribution in [0.1, 0.15) is 44.6 Å². The van der Waals surface area contributed by atoms with E-state index in [-0.39, 0.29) is 25.0 Å². The number of halogens is 2. The topological polar surface area (TPSA) is 18.5 Å². The minimum absolute atomic E-state index is 0.0792. The van der Waals surface area contributed by atoms with Crippen molar-refractivity contribution in [1.82, 2.24) is 0 Å². The second-order valence-corrected chi connectivity index (χ2v) is 5.70. The van der Waals surface area contributed by atoms with Crippen molar-refractivity contribution in [2.45, 2.75) is 63.8 Å². The fourth-order valence-electron chi connectivity index (χ4n) is 2.34. The molecule has 1 aliphatic carbocycles. The quantitative estimate of drug-likeness (QED) is 0.621. The van der Waals surface area contributed by atoms with E-state index < -0.39 is 5.92 Å². The van der Waals surface area contributed by atoms with Crippen LogP contribution >= 0.6 is 0 Å². The molecule has 0 spiro atoms. The van der Waals surface area contributed by atoms with E-state index in [0.29, 0.717) is 19.6 Å². The van der Waals surface area contributed by atoms with E-state index in [1.807, 2.05) is 30.3 Å². The molecule has 0 radical (unpaired) electrons. The lowest BCUT2D eigenvalue weighted by Crippen LogP contribution is -2.37. The van der Waals surface area contributed by atoms with Crippen LogP contribution in [0, 0.1) is 0 Å². The molecule has 1 fully saturated rings. The Morgan fingerprint density at radius 3 is 2.43 bits per heavy atom. The van der Waals surface area contributed by atoms with Crippen molar-refractivity contribution in [3.8, 4) is 0 Å². The number of hydrogen-bond acceptors (Lipinski definition) is 2. The second-order valence-electron chi connectivity index (χ2n) is 5.70. The molecular formula is C17H24F2O2. The van der Waals surface area contributed by atoms with Crippen molar-refractivity contribution >= 4 is 0 Å². The van der Waals surface area contributed by atoms with Crippen molar-refractivity contribution in [3.63, 3.8) is 0 Å². The molecular weight excluding hydrogens is 274 g/mol. The molecule has 1 aromatic rings. The summed E-state index contributed by atoms with van der Waals surface area (Å²) in [6, 6.07) is 10.1. The number of benzene rings is 1. The lowest BCUT2D eigenvalue weighted by atomic mass is 9.92. The molecule has 0 atom stereocenters. The Morgan fingerprint density at radius 2 is 1.76 bits per heavy atom. The lowest BCUT2D eigenvalue weighted by molar-refractivity contribution is -0.110. The summed E-state index contributed by atoms with van der Waals surface area (Å²) in [5.74, 6) is -2.54. The van der Waals surface area contributed by atoms with Crippen LogP contribution in [0.25, 0.3) is 0 Å². The van der Waals surface area contributed by atoms with Gasteiger partial charge in [0.15, 0.2) is 0 Å². The standard InChI is InChI=1S/C17H24F2O2/c1-2-17(18,19)9-6-10-20-15-11-16(12-15)21-13-14-7-4-3-5-8-14/h3-5,7-8,15-16H,2,6,9-13H2,1H3/t15-,16+. The van der Waals surface area contributed by atoms with Gasteiger partial charge in [0, 0.05) is 19.4 Å². The summed E-state index contributed by atoms with van der Waals surface area (Å²) in [6.45, 7) is 2.56. The predicted octanol–water partition coefficient (Wildman–Crippen LogP) is 4.58. The van der Waals surface area contributed by atoms with E-state index in [1.54, 1.807) is 0 Å². The molecule has 0 aromatic heterocycles. The van der Waals surface area contributed by atoms with Gasteiger partial charge in [0.25, 0.3) is 0 Å². The molecule has 0 N–H and O–H groups in total. The van der Waals surface area contributed by atoms with Gasteiger partial charge in [0.2, 0.25) is 5.92 Å². The van der Waals surface area contributed by atoms with E-state index in [2.05, 4.69) is 0 Å². The maximum Gasteiger partial charge on any atom is 0.248 e. The summed E-state index contributed by atoms with van der Waals surface area (Å²) in [7, 11) is 0. The minimum Gasteiger partial charge on any atom is -0.378 e. The van der Waals surface area contributed by atoms with Crippen molar-refractivity contribution < 1.29 is 18.3 Å². The van der Waals surface area contributed by atoms with Gasteiger partial charge < -0.3 is 9.47 Å². The van der Waals surface area contributed by atoms with Crippen LogP contribution in [0.2, 0.25) is 0 Å². The third-order valence-corrected chi connectivity index (χ3v) is 3.94. The molecule has 2 rings (SSSR count). The van der Waals surface area contributed by atoms with Crippen LogP contribution in [0.15, 0.2) is 30.3 Å². The molecule has 1 saturated carbocycles. The maximum absolute atomic E-state index is 13.0. The minimum atomic E-state index is -2.54. The molecule has 0 unspecified atom stereocenters. The fourth-order valence-corrected chi connectivity index (χ4v) is 2.34. The average molecular weight is 298 g/mol. The molecule has 0 aliphatic heterocycles. The Morgan fingerprint density at radius 1 is 1.10 bits per heavy atom. The Bertz CT molecular complexity index is 403. The first-order valence-corrected chi connectivity index (χ1v) is 7.74. The van der Waals surface area contributed by atoms with Crippen LogP contribution in [-0.4, -0.2) is 24.7 Å². The molecule has 2 nitrogen and oxygen atoms in total. The van der Waals surface area contributed by atoms with Gasteiger partial charge in [0.05, 0.1) is 18.8 Å². The second kappa shape index (κ2) is 7.85. The summed E-state index contributed by atoms with van der Waals surface area (Å²) in [4.78, 5) is 0. The first-order chi connectivity index (χ1) is 10.1. The van der Waals surface area contributed by atoms with Crippen LogP contribution < -0.4 is 0 Å². The number of alkyl halides is 2. The third-order valence-electron chi connectivity index (χ3n) is 3.94. The van der Waals surface area contributed by atoms with Gasteiger partial charge in [-0.1, -0.05) is 37.3 Å². The first-order valence-electron chi connectivity index (χ1n) is 7.74. The predicted molar refractivity (Wildman–Crippen MR) is 78.5 cm³/mol. The summed E-state index contributed by atoms with van der Waals surface area (Å²) in [6.07, 6.45) is 2.42. The van der Waals surface area contributed by atoms with Crippen molar-refractivity contribution in [1.29, 1.82) is 0 Å². The van der Waals surface area contributed by atoms with Crippen LogP contribution in [-0.2, 0) is 16.1 Å². The zero-order valence-electron chi connectivity index (χ0n) is 12.6. The zero-order chi connectivity index (χ0) is 15.1. The summed E-state index contributed by atoms with van der Waals surface area (Å²) < 4.78 is 37.4. The molecule has 118 valence electrons. The van der Waals surface area contributed by atoms with E-state index in [9.17, 15) is 8.78 Å². The van der Waals surface area contributed by atoms with E-state index in [0.717, 1.165) is 12.8 Å². The van der Waals surface area contributed by atoms with Gasteiger partial charge in [-0.05, 0) is 24.8 Å². The van der Waals surface area contributed by atoms with E-state index >= 15 is 0 Å². The maximum atomic E-state index is 13.0. The molecule has 21 heavy (non-hydrogen) atoms. The Labute approximate surface area is 125 Å². The fraction of sp³-hybridized carbons (Fsp3) is 0.647. The Balaban J connectivity index is 1.50. The highest BCUT2D eigenvalue weighted by Crippen LogP contribution is 2.28. The normalized spacial score (nSPS) is 22.0. The highest BCUT2D eigenvalue weighted by Gasteiger charge is 2.31. The van der Waals surface area contributed by atoms with Crippen LogP contribution in [0.5, 0.6) is 0 Å². The summed E-state index contributed by atoms with van der Waals surface area (Å²) >= 11 is 0.